The lowest BCUT2D eigenvalue weighted by Gasteiger charge is -2.10. The molecule has 0 aliphatic carbocycles. The van der Waals surface area contributed by atoms with Crippen LogP contribution in [-0.2, 0) is 23.6 Å². The molecule has 1 aromatic rings. The van der Waals surface area contributed by atoms with E-state index in [-0.39, 0.29) is 24.2 Å². The Hall–Kier alpha value is -0.290. The number of fused-ring (bicyclic) bond motifs is 1. The van der Waals surface area contributed by atoms with Crippen molar-refractivity contribution < 1.29 is 38.9 Å². The van der Waals surface area contributed by atoms with E-state index < -0.39 is 13.4 Å². The monoisotopic (exact) mass is 497 g/mol. The van der Waals surface area contributed by atoms with Gasteiger partial charge in [0.25, 0.3) is 11.8 Å². The third-order valence-corrected chi connectivity index (χ3v) is 2.36. The molecule has 1 aromatic carbocycles. The Labute approximate surface area is 179 Å². The molecule has 2 rings (SSSR count). The van der Waals surface area contributed by atoms with Gasteiger partial charge in [-0.25, -0.2) is 0 Å². The van der Waals surface area contributed by atoms with Crippen LogP contribution < -0.4 is 0 Å². The molecule has 0 aromatic heterocycles. The van der Waals surface area contributed by atoms with E-state index in [0.717, 1.165) is 0 Å². The van der Waals surface area contributed by atoms with Crippen molar-refractivity contribution in [1.82, 2.24) is 4.90 Å². The van der Waals surface area contributed by atoms with Crippen molar-refractivity contribution in [2.75, 3.05) is 12.4 Å². The van der Waals surface area contributed by atoms with Crippen LogP contribution in [0.3, 0.4) is 0 Å². The molecular formula is C14H26ClNO8P2S2. The highest BCUT2D eigenvalue weighted by Crippen LogP contribution is 2.27. The van der Waals surface area contributed by atoms with Crippen LogP contribution in [0.5, 0.6) is 0 Å². The van der Waals surface area contributed by atoms with Crippen molar-refractivity contribution >= 4 is 60.5 Å². The molecule has 0 fully saturated rings. The Morgan fingerprint density at radius 1 is 0.821 bits per heavy atom. The number of benzene rings is 1. The molecule has 0 bridgehead atoms. The van der Waals surface area contributed by atoms with Crippen LogP contribution in [-0.4, -0.2) is 58.5 Å². The first-order chi connectivity index (χ1) is 12.8. The zero-order valence-electron chi connectivity index (χ0n) is 15.8. The van der Waals surface area contributed by atoms with Crippen LogP contribution in [0.2, 0.25) is 0 Å². The van der Waals surface area contributed by atoms with Crippen molar-refractivity contribution in [3.8, 4) is 0 Å². The largest absolute Gasteiger partial charge is 0.325 e. The topological polar surface area (TPSA) is 159 Å². The molecule has 1 aliphatic heterocycles. The number of alkyl halides is 1. The number of rotatable bonds is 2. The van der Waals surface area contributed by atoms with E-state index in [4.69, 9.17) is 41.0 Å². The highest BCUT2D eigenvalue weighted by atomic mass is 35.5. The van der Waals surface area contributed by atoms with Gasteiger partial charge in [-0.15, -0.1) is 11.6 Å². The Bertz CT molecular complexity index is 624. The van der Waals surface area contributed by atoms with Gasteiger partial charge in [0.2, 0.25) is 0 Å². The quantitative estimate of drug-likeness (QED) is 0.202. The van der Waals surface area contributed by atoms with Crippen molar-refractivity contribution in [3.63, 3.8) is 0 Å². The van der Waals surface area contributed by atoms with Gasteiger partial charge in [-0.1, -0.05) is 39.8 Å². The molecule has 14 heteroatoms. The molecular weight excluding hydrogens is 472 g/mol. The number of hydrogen-bond acceptors (Lipinski definition) is 4. The summed E-state index contributed by atoms with van der Waals surface area (Å²) in [5.41, 5.74) is 0.949. The fourth-order valence-corrected chi connectivity index (χ4v) is 1.70. The SMILES string of the molecule is CC.CC.O=C1c2ccccc2C(=O)N1CCCl.OP(O)(O)=S.OP(O)(O)=S. The van der Waals surface area contributed by atoms with E-state index in [0.29, 0.717) is 11.1 Å². The van der Waals surface area contributed by atoms with E-state index in [2.05, 4.69) is 23.6 Å². The molecule has 0 saturated heterocycles. The molecule has 2 amide bonds. The first-order valence-electron chi connectivity index (χ1n) is 7.83. The van der Waals surface area contributed by atoms with Gasteiger partial charge >= 0.3 is 13.4 Å². The summed E-state index contributed by atoms with van der Waals surface area (Å²) in [6.07, 6.45) is 0. The zero-order chi connectivity index (χ0) is 23.1. The van der Waals surface area contributed by atoms with Gasteiger partial charge in [-0.2, -0.15) is 0 Å². The summed E-state index contributed by atoms with van der Waals surface area (Å²) in [6, 6.07) is 6.80. The van der Waals surface area contributed by atoms with Crippen LogP contribution in [0, 0.1) is 0 Å². The number of imide groups is 1. The van der Waals surface area contributed by atoms with Crippen LogP contribution in [0.15, 0.2) is 24.3 Å². The minimum atomic E-state index is -3.81. The van der Waals surface area contributed by atoms with Crippen LogP contribution in [0.4, 0.5) is 0 Å². The van der Waals surface area contributed by atoms with Gasteiger partial charge in [0.15, 0.2) is 0 Å². The van der Waals surface area contributed by atoms with E-state index in [1.54, 1.807) is 24.3 Å². The predicted molar refractivity (Wildman–Crippen MR) is 117 cm³/mol. The fourth-order valence-electron chi connectivity index (χ4n) is 1.53. The normalized spacial score (nSPS) is 12.0. The Balaban J connectivity index is -0.000000374. The molecule has 164 valence electrons. The summed E-state index contributed by atoms with van der Waals surface area (Å²) < 4.78 is 0. The van der Waals surface area contributed by atoms with E-state index in [9.17, 15) is 9.59 Å². The summed E-state index contributed by atoms with van der Waals surface area (Å²) in [5.74, 6) is -0.219. The van der Waals surface area contributed by atoms with Gasteiger partial charge < -0.3 is 29.4 Å². The Morgan fingerprint density at radius 2 is 1.07 bits per heavy atom. The number of carbonyl (C=O) groups excluding carboxylic acids is 2. The minimum Gasteiger partial charge on any atom is -0.325 e. The lowest BCUT2D eigenvalue weighted by atomic mass is 10.1. The maximum Gasteiger partial charge on any atom is 0.319 e. The molecule has 9 nitrogen and oxygen atoms in total. The van der Waals surface area contributed by atoms with E-state index in [1.807, 2.05) is 27.7 Å². The third kappa shape index (κ3) is 17.8. The highest BCUT2D eigenvalue weighted by Gasteiger charge is 2.34. The van der Waals surface area contributed by atoms with Crippen LogP contribution in [0.1, 0.15) is 48.4 Å². The zero-order valence-corrected chi connectivity index (χ0v) is 19.9. The maximum atomic E-state index is 11.6. The van der Waals surface area contributed by atoms with E-state index >= 15 is 0 Å². The fraction of sp³-hybridized carbons (Fsp3) is 0.429. The molecule has 0 spiro atoms. The Kier molecular flexibility index (Phi) is 19.1. The summed E-state index contributed by atoms with van der Waals surface area (Å²) in [6.45, 7) is 0.661. The molecule has 0 unspecified atom stereocenters. The number of amides is 2. The lowest BCUT2D eigenvalue weighted by Crippen LogP contribution is -2.31. The predicted octanol–water partition coefficient (Wildman–Crippen LogP) is 1.95. The van der Waals surface area contributed by atoms with Crippen molar-refractivity contribution in [3.05, 3.63) is 35.4 Å². The van der Waals surface area contributed by atoms with Crippen LogP contribution >= 0.6 is 25.0 Å². The maximum absolute atomic E-state index is 11.6. The van der Waals surface area contributed by atoms with Gasteiger partial charge in [-0.05, 0) is 35.7 Å². The van der Waals surface area contributed by atoms with Gasteiger partial charge in [-0.3, -0.25) is 14.5 Å². The Morgan fingerprint density at radius 3 is 1.29 bits per heavy atom. The average Bonchev–Trinajstić information content (AvgIpc) is 2.81. The third-order valence-electron chi connectivity index (χ3n) is 2.19. The summed E-state index contributed by atoms with van der Waals surface area (Å²) in [5, 5.41) is 0. The molecule has 6 N–H and O–H groups in total. The summed E-state index contributed by atoms with van der Waals surface area (Å²) in [7, 11) is 0. The first-order valence-corrected chi connectivity index (χ1v) is 13.7. The number of nitrogens with zero attached hydrogens (tertiary/aromatic N) is 1. The standard InChI is InChI=1S/C10H8ClNO2.2C2H6.2H3O3PS/c11-5-6-12-9(13)7-3-1-2-4-8(7)10(12)14;2*1-2;2*1-4(2,3)5/h1-4H,5-6H2;2*1-2H3;2*(H3,1,2,3,5). The molecule has 28 heavy (non-hydrogen) atoms. The number of hydrogen-bond donors (Lipinski definition) is 6. The van der Waals surface area contributed by atoms with Gasteiger partial charge in [0.1, 0.15) is 0 Å². The number of carbonyl (C=O) groups is 2. The van der Waals surface area contributed by atoms with Crippen molar-refractivity contribution in [2.24, 2.45) is 0 Å². The summed E-state index contributed by atoms with van der Waals surface area (Å²) in [4.78, 5) is 69.8. The second kappa shape index (κ2) is 16.5. The van der Waals surface area contributed by atoms with Gasteiger partial charge in [0, 0.05) is 12.4 Å². The minimum absolute atomic E-state index is 0.244. The van der Waals surface area contributed by atoms with Crippen LogP contribution in [0.25, 0.3) is 0 Å². The summed E-state index contributed by atoms with van der Waals surface area (Å²) >= 11 is 12.7. The van der Waals surface area contributed by atoms with Crippen molar-refractivity contribution in [1.29, 1.82) is 0 Å². The lowest BCUT2D eigenvalue weighted by molar-refractivity contribution is 0.0663. The molecule has 0 radical (unpaired) electrons. The second-order valence-electron chi connectivity index (χ2n) is 4.02. The molecule has 1 aliphatic rings. The molecule has 0 atom stereocenters. The average molecular weight is 498 g/mol. The second-order valence-corrected chi connectivity index (χ2v) is 9.39. The highest BCUT2D eigenvalue weighted by molar-refractivity contribution is 8.06. The van der Waals surface area contributed by atoms with Gasteiger partial charge in [0.05, 0.1) is 11.1 Å². The number of halogens is 1. The molecule has 1 heterocycles. The first kappa shape index (κ1) is 32.4. The smallest absolute Gasteiger partial charge is 0.319 e. The van der Waals surface area contributed by atoms with Crippen molar-refractivity contribution in [2.45, 2.75) is 27.7 Å². The van der Waals surface area contributed by atoms with E-state index in [1.165, 1.54) is 4.90 Å². The molecule has 0 saturated carbocycles.